The van der Waals surface area contributed by atoms with Crippen molar-refractivity contribution in [3.05, 3.63) is 35.6 Å². The Morgan fingerprint density at radius 1 is 1.17 bits per heavy atom. The van der Waals surface area contributed by atoms with Gasteiger partial charge in [-0.3, -0.25) is 0 Å². The van der Waals surface area contributed by atoms with Crippen LogP contribution in [0.15, 0.2) is 24.3 Å². The molecule has 1 aliphatic heterocycles. The second kappa shape index (κ2) is 8.22. The monoisotopic (exact) mass is 252 g/mol. The van der Waals surface area contributed by atoms with Crippen molar-refractivity contribution >= 4 is 0 Å². The topological polar surface area (TPSA) is 15.3 Å². The molecule has 1 fully saturated rings. The zero-order chi connectivity index (χ0) is 13.4. The van der Waals surface area contributed by atoms with E-state index in [1.165, 1.54) is 38.1 Å². The van der Waals surface area contributed by atoms with Gasteiger partial charge in [-0.05, 0) is 50.7 Å². The molecule has 0 spiro atoms. The predicted octanol–water partition coefficient (Wildman–Crippen LogP) is 3.04. The van der Waals surface area contributed by atoms with Crippen LogP contribution in [-0.2, 0) is 6.54 Å². The number of piperidine rings is 1. The van der Waals surface area contributed by atoms with E-state index in [9.17, 15) is 4.39 Å². The van der Waals surface area contributed by atoms with Gasteiger partial charge < -0.3 is 10.2 Å². The fourth-order valence-electron chi connectivity index (χ4n) is 2.08. The maximum Gasteiger partial charge on any atom is 0.123 e. The Balaban J connectivity index is 0.000000771. The van der Waals surface area contributed by atoms with E-state index in [-0.39, 0.29) is 5.82 Å². The van der Waals surface area contributed by atoms with E-state index in [0.29, 0.717) is 6.04 Å². The molecule has 1 heterocycles. The van der Waals surface area contributed by atoms with Gasteiger partial charge in [0.25, 0.3) is 0 Å². The van der Waals surface area contributed by atoms with Crippen LogP contribution in [0.3, 0.4) is 0 Å². The summed E-state index contributed by atoms with van der Waals surface area (Å²) in [6.07, 6.45) is 2.41. The van der Waals surface area contributed by atoms with Crippen molar-refractivity contribution in [2.45, 2.75) is 39.3 Å². The Kier molecular flexibility index (Phi) is 6.91. The summed E-state index contributed by atoms with van der Waals surface area (Å²) in [5.74, 6) is -0.164. The Bertz CT molecular complexity index is 316. The number of halogens is 1. The van der Waals surface area contributed by atoms with Gasteiger partial charge in [0.05, 0.1) is 0 Å². The van der Waals surface area contributed by atoms with Gasteiger partial charge in [-0.2, -0.15) is 0 Å². The molecule has 1 aliphatic rings. The van der Waals surface area contributed by atoms with E-state index in [4.69, 9.17) is 0 Å². The first-order valence-corrected chi connectivity index (χ1v) is 6.90. The van der Waals surface area contributed by atoms with Gasteiger partial charge >= 0.3 is 0 Å². The van der Waals surface area contributed by atoms with E-state index >= 15 is 0 Å². The standard InChI is InChI=1S/C13H19FN2.C2H6/c1-16-8-6-13(7-9-16)15-10-11-2-4-12(14)5-3-11;1-2/h2-5,13,15H,6-10H2,1H3;1-2H3. The summed E-state index contributed by atoms with van der Waals surface area (Å²) in [5.41, 5.74) is 1.15. The number of nitrogens with zero attached hydrogens (tertiary/aromatic N) is 1. The summed E-state index contributed by atoms with van der Waals surface area (Å²) < 4.78 is 12.7. The number of nitrogens with one attached hydrogen (secondary N) is 1. The lowest BCUT2D eigenvalue weighted by atomic mass is 10.1. The molecule has 1 aromatic carbocycles. The molecule has 1 N–H and O–H groups in total. The first-order valence-electron chi connectivity index (χ1n) is 6.90. The highest BCUT2D eigenvalue weighted by atomic mass is 19.1. The van der Waals surface area contributed by atoms with Crippen molar-refractivity contribution < 1.29 is 4.39 Å². The Labute approximate surface area is 110 Å². The fraction of sp³-hybridized carbons (Fsp3) is 0.600. The van der Waals surface area contributed by atoms with Gasteiger partial charge in [-0.1, -0.05) is 26.0 Å². The fourth-order valence-corrected chi connectivity index (χ4v) is 2.08. The Morgan fingerprint density at radius 2 is 1.72 bits per heavy atom. The van der Waals surface area contributed by atoms with Gasteiger partial charge in [-0.25, -0.2) is 4.39 Å². The second-order valence-corrected chi connectivity index (χ2v) is 4.58. The molecule has 102 valence electrons. The maximum atomic E-state index is 12.7. The number of benzene rings is 1. The summed E-state index contributed by atoms with van der Waals surface area (Å²) in [7, 11) is 2.16. The second-order valence-electron chi connectivity index (χ2n) is 4.58. The molecule has 0 aliphatic carbocycles. The highest BCUT2D eigenvalue weighted by Crippen LogP contribution is 2.09. The zero-order valence-electron chi connectivity index (χ0n) is 11.7. The Morgan fingerprint density at radius 3 is 2.28 bits per heavy atom. The maximum absolute atomic E-state index is 12.7. The molecule has 1 aromatic rings. The zero-order valence-corrected chi connectivity index (χ0v) is 11.7. The highest BCUT2D eigenvalue weighted by Gasteiger charge is 2.15. The summed E-state index contributed by atoms with van der Waals surface area (Å²) in [4.78, 5) is 2.36. The van der Waals surface area contributed by atoms with Gasteiger partial charge in [0, 0.05) is 12.6 Å². The third-order valence-corrected chi connectivity index (χ3v) is 3.23. The van der Waals surface area contributed by atoms with Crippen LogP contribution in [0.2, 0.25) is 0 Å². The molecule has 1 saturated heterocycles. The van der Waals surface area contributed by atoms with Crippen LogP contribution in [0.4, 0.5) is 4.39 Å². The molecular weight excluding hydrogens is 227 g/mol. The van der Waals surface area contributed by atoms with Crippen LogP contribution in [0, 0.1) is 5.82 Å². The van der Waals surface area contributed by atoms with Gasteiger partial charge in [-0.15, -0.1) is 0 Å². The van der Waals surface area contributed by atoms with Gasteiger partial charge in [0.15, 0.2) is 0 Å². The van der Waals surface area contributed by atoms with Crippen LogP contribution >= 0.6 is 0 Å². The molecule has 2 nitrogen and oxygen atoms in total. The van der Waals surface area contributed by atoms with E-state index in [1.807, 2.05) is 26.0 Å². The molecule has 0 aromatic heterocycles. The lowest BCUT2D eigenvalue weighted by Crippen LogP contribution is -2.40. The molecule has 0 saturated carbocycles. The molecule has 3 heteroatoms. The SMILES string of the molecule is CC.CN1CCC(NCc2ccc(F)cc2)CC1. The van der Waals surface area contributed by atoms with Gasteiger partial charge in [0.2, 0.25) is 0 Å². The van der Waals surface area contributed by atoms with E-state index in [2.05, 4.69) is 17.3 Å². The lowest BCUT2D eigenvalue weighted by molar-refractivity contribution is 0.234. The minimum Gasteiger partial charge on any atom is -0.310 e. The van der Waals surface area contributed by atoms with E-state index in [0.717, 1.165) is 12.1 Å². The van der Waals surface area contributed by atoms with Crippen molar-refractivity contribution in [3.8, 4) is 0 Å². The first kappa shape index (κ1) is 15.1. The minimum atomic E-state index is -0.164. The van der Waals surface area contributed by atoms with Crippen LogP contribution in [0.25, 0.3) is 0 Å². The summed E-state index contributed by atoms with van der Waals surface area (Å²) in [6.45, 7) is 7.18. The molecular formula is C15H25FN2. The van der Waals surface area contributed by atoms with Crippen molar-refractivity contribution in [3.63, 3.8) is 0 Å². The molecule has 0 atom stereocenters. The van der Waals surface area contributed by atoms with Crippen molar-refractivity contribution in [1.29, 1.82) is 0 Å². The van der Waals surface area contributed by atoms with Crippen molar-refractivity contribution in [1.82, 2.24) is 10.2 Å². The van der Waals surface area contributed by atoms with E-state index < -0.39 is 0 Å². The van der Waals surface area contributed by atoms with E-state index in [1.54, 1.807) is 0 Å². The minimum absolute atomic E-state index is 0.164. The van der Waals surface area contributed by atoms with Crippen molar-refractivity contribution in [2.24, 2.45) is 0 Å². The van der Waals surface area contributed by atoms with Crippen LogP contribution in [-0.4, -0.2) is 31.1 Å². The molecule has 18 heavy (non-hydrogen) atoms. The molecule has 2 rings (SSSR count). The molecule has 0 amide bonds. The smallest absolute Gasteiger partial charge is 0.123 e. The predicted molar refractivity (Wildman–Crippen MR) is 75.1 cm³/mol. The summed E-state index contributed by atoms with van der Waals surface area (Å²) in [6, 6.07) is 7.34. The molecule has 0 bridgehead atoms. The first-order chi connectivity index (χ1) is 8.74. The normalized spacial score (nSPS) is 17.1. The number of rotatable bonds is 3. The van der Waals surface area contributed by atoms with Crippen LogP contribution in [0.5, 0.6) is 0 Å². The lowest BCUT2D eigenvalue weighted by Gasteiger charge is -2.29. The van der Waals surface area contributed by atoms with Crippen LogP contribution < -0.4 is 5.32 Å². The summed E-state index contributed by atoms with van der Waals surface area (Å²) in [5, 5.41) is 3.53. The average molecular weight is 252 g/mol. The van der Waals surface area contributed by atoms with Crippen LogP contribution in [0.1, 0.15) is 32.3 Å². The van der Waals surface area contributed by atoms with Crippen molar-refractivity contribution in [2.75, 3.05) is 20.1 Å². The molecule has 0 unspecified atom stereocenters. The highest BCUT2D eigenvalue weighted by molar-refractivity contribution is 5.15. The largest absolute Gasteiger partial charge is 0.310 e. The number of hydrogen-bond acceptors (Lipinski definition) is 2. The average Bonchev–Trinajstić information content (AvgIpc) is 2.42. The number of likely N-dealkylation sites (tertiary alicyclic amines) is 1. The quantitative estimate of drug-likeness (QED) is 0.889. The third-order valence-electron chi connectivity index (χ3n) is 3.23. The third kappa shape index (κ3) is 5.15. The van der Waals surface area contributed by atoms with Gasteiger partial charge in [0.1, 0.15) is 5.82 Å². The Hall–Kier alpha value is -0.930. The summed E-state index contributed by atoms with van der Waals surface area (Å²) >= 11 is 0. The number of hydrogen-bond donors (Lipinski definition) is 1. The molecule has 0 radical (unpaired) electrons.